The van der Waals surface area contributed by atoms with Crippen molar-refractivity contribution in [1.29, 1.82) is 0 Å². The summed E-state index contributed by atoms with van der Waals surface area (Å²) in [6.45, 7) is 3.59. The van der Waals surface area contributed by atoms with E-state index in [1.54, 1.807) is 38.1 Å². The zero-order valence-corrected chi connectivity index (χ0v) is 13.3. The maximum atomic E-state index is 12.8. The molecule has 0 bridgehead atoms. The molecule has 0 saturated carbocycles. The summed E-state index contributed by atoms with van der Waals surface area (Å²) in [5, 5.41) is 3.39. The van der Waals surface area contributed by atoms with Gasteiger partial charge in [-0.25, -0.2) is 0 Å². The third kappa shape index (κ3) is 3.95. The van der Waals surface area contributed by atoms with E-state index < -0.39 is 6.04 Å². The molecule has 4 heteroatoms. The molecule has 3 nitrogen and oxygen atoms in total. The van der Waals surface area contributed by atoms with E-state index in [0.717, 1.165) is 5.56 Å². The standard InChI is InChI=1S/C18H18ClNO2/c1-12(2)18(22)20-16(13-6-4-3-5-7-13)17(21)14-8-10-15(19)11-9-14/h3-12,16H,1-2H3,(H,20,22)/t16-/m0/s1. The molecular weight excluding hydrogens is 298 g/mol. The molecule has 0 heterocycles. The Kier molecular flexibility index (Phi) is 5.34. The summed E-state index contributed by atoms with van der Waals surface area (Å²) >= 11 is 5.86. The first kappa shape index (κ1) is 16.2. The molecular formula is C18H18ClNO2. The molecule has 0 spiro atoms. The fourth-order valence-corrected chi connectivity index (χ4v) is 2.16. The lowest BCUT2D eigenvalue weighted by molar-refractivity contribution is -0.124. The van der Waals surface area contributed by atoms with Crippen LogP contribution in [0.15, 0.2) is 54.6 Å². The molecule has 22 heavy (non-hydrogen) atoms. The van der Waals surface area contributed by atoms with Crippen molar-refractivity contribution in [2.75, 3.05) is 0 Å². The molecule has 0 aliphatic rings. The zero-order valence-electron chi connectivity index (χ0n) is 12.5. The molecule has 2 aromatic carbocycles. The van der Waals surface area contributed by atoms with Gasteiger partial charge in [0.1, 0.15) is 6.04 Å². The summed E-state index contributed by atoms with van der Waals surface area (Å²) < 4.78 is 0. The smallest absolute Gasteiger partial charge is 0.223 e. The van der Waals surface area contributed by atoms with Crippen LogP contribution in [-0.2, 0) is 4.79 Å². The highest BCUT2D eigenvalue weighted by atomic mass is 35.5. The van der Waals surface area contributed by atoms with E-state index in [9.17, 15) is 9.59 Å². The van der Waals surface area contributed by atoms with Gasteiger partial charge in [0.2, 0.25) is 5.91 Å². The van der Waals surface area contributed by atoms with Crippen molar-refractivity contribution in [2.24, 2.45) is 5.92 Å². The van der Waals surface area contributed by atoms with Crippen LogP contribution in [0.5, 0.6) is 0 Å². The highest BCUT2D eigenvalue weighted by molar-refractivity contribution is 6.30. The van der Waals surface area contributed by atoms with Gasteiger partial charge in [-0.15, -0.1) is 0 Å². The predicted molar refractivity (Wildman–Crippen MR) is 87.9 cm³/mol. The molecule has 0 fully saturated rings. The monoisotopic (exact) mass is 315 g/mol. The quantitative estimate of drug-likeness (QED) is 0.846. The van der Waals surface area contributed by atoms with Crippen molar-refractivity contribution >= 4 is 23.3 Å². The number of carbonyl (C=O) groups is 2. The van der Waals surface area contributed by atoms with E-state index in [1.165, 1.54) is 0 Å². The summed E-state index contributed by atoms with van der Waals surface area (Å²) in [4.78, 5) is 24.8. The Morgan fingerprint density at radius 2 is 1.55 bits per heavy atom. The van der Waals surface area contributed by atoms with Gasteiger partial charge in [-0.05, 0) is 29.8 Å². The Bertz CT molecular complexity index is 651. The average molecular weight is 316 g/mol. The second kappa shape index (κ2) is 7.23. The summed E-state index contributed by atoms with van der Waals surface area (Å²) in [7, 11) is 0. The molecule has 0 unspecified atom stereocenters. The van der Waals surface area contributed by atoms with Gasteiger partial charge < -0.3 is 5.32 Å². The number of hydrogen-bond donors (Lipinski definition) is 1. The predicted octanol–water partition coefficient (Wildman–Crippen LogP) is 4.04. The molecule has 0 radical (unpaired) electrons. The molecule has 1 N–H and O–H groups in total. The second-order valence-corrected chi connectivity index (χ2v) is 5.81. The van der Waals surface area contributed by atoms with E-state index in [1.807, 2.05) is 30.3 Å². The van der Waals surface area contributed by atoms with E-state index in [0.29, 0.717) is 10.6 Å². The number of carbonyl (C=O) groups excluding carboxylic acids is 2. The first-order chi connectivity index (χ1) is 10.5. The van der Waals surface area contributed by atoms with Crippen LogP contribution in [-0.4, -0.2) is 11.7 Å². The maximum absolute atomic E-state index is 12.8. The summed E-state index contributed by atoms with van der Waals surface area (Å²) in [5.74, 6) is -0.503. The molecule has 2 rings (SSSR count). The van der Waals surface area contributed by atoms with Crippen molar-refractivity contribution in [2.45, 2.75) is 19.9 Å². The Morgan fingerprint density at radius 3 is 2.09 bits per heavy atom. The number of ketones is 1. The minimum absolute atomic E-state index is 0.156. The number of benzene rings is 2. The van der Waals surface area contributed by atoms with Crippen LogP contribution >= 0.6 is 11.6 Å². The second-order valence-electron chi connectivity index (χ2n) is 5.38. The zero-order chi connectivity index (χ0) is 16.1. The molecule has 0 saturated heterocycles. The lowest BCUT2D eigenvalue weighted by Crippen LogP contribution is -2.36. The first-order valence-electron chi connectivity index (χ1n) is 7.14. The van der Waals surface area contributed by atoms with Gasteiger partial charge in [0, 0.05) is 16.5 Å². The van der Waals surface area contributed by atoms with Crippen LogP contribution in [0, 0.1) is 5.92 Å². The first-order valence-corrected chi connectivity index (χ1v) is 7.52. The third-order valence-corrected chi connectivity index (χ3v) is 3.59. The van der Waals surface area contributed by atoms with Crippen LogP contribution in [0.3, 0.4) is 0 Å². The van der Waals surface area contributed by atoms with Gasteiger partial charge in [0.05, 0.1) is 0 Å². The van der Waals surface area contributed by atoms with Crippen molar-refractivity contribution in [3.63, 3.8) is 0 Å². The fourth-order valence-electron chi connectivity index (χ4n) is 2.04. The number of amides is 1. The largest absolute Gasteiger partial charge is 0.342 e. The summed E-state index contributed by atoms with van der Waals surface area (Å²) in [6, 6.07) is 15.2. The Labute approximate surface area is 135 Å². The van der Waals surface area contributed by atoms with Gasteiger partial charge in [0.25, 0.3) is 0 Å². The molecule has 2 aromatic rings. The lowest BCUT2D eigenvalue weighted by atomic mass is 9.97. The Morgan fingerprint density at radius 1 is 0.955 bits per heavy atom. The van der Waals surface area contributed by atoms with Crippen molar-refractivity contribution in [3.05, 3.63) is 70.7 Å². The van der Waals surface area contributed by atoms with Gasteiger partial charge in [-0.2, -0.15) is 0 Å². The third-order valence-electron chi connectivity index (χ3n) is 3.33. The fraction of sp³-hybridized carbons (Fsp3) is 0.222. The molecule has 0 aliphatic heterocycles. The van der Waals surface area contributed by atoms with Gasteiger partial charge in [-0.3, -0.25) is 9.59 Å². The van der Waals surface area contributed by atoms with Crippen molar-refractivity contribution < 1.29 is 9.59 Å². The normalized spacial score (nSPS) is 12.0. The molecule has 1 atom stereocenters. The van der Waals surface area contributed by atoms with E-state index in [2.05, 4.69) is 5.32 Å². The number of nitrogens with one attached hydrogen (secondary N) is 1. The van der Waals surface area contributed by atoms with Crippen LogP contribution in [0.4, 0.5) is 0 Å². The summed E-state index contributed by atoms with van der Waals surface area (Å²) in [5.41, 5.74) is 1.28. The van der Waals surface area contributed by atoms with E-state index in [4.69, 9.17) is 11.6 Å². The van der Waals surface area contributed by atoms with Gasteiger partial charge in [-0.1, -0.05) is 55.8 Å². The molecule has 1 amide bonds. The summed E-state index contributed by atoms with van der Waals surface area (Å²) in [6.07, 6.45) is 0. The van der Waals surface area contributed by atoms with Crippen LogP contribution in [0.25, 0.3) is 0 Å². The van der Waals surface area contributed by atoms with Crippen LogP contribution in [0.2, 0.25) is 5.02 Å². The number of Topliss-reactive ketones (excluding diaryl/α,β-unsaturated/α-hetero) is 1. The number of rotatable bonds is 5. The maximum Gasteiger partial charge on any atom is 0.223 e. The minimum Gasteiger partial charge on any atom is -0.342 e. The molecule has 0 aromatic heterocycles. The molecule has 0 aliphatic carbocycles. The average Bonchev–Trinajstić information content (AvgIpc) is 2.53. The highest BCUT2D eigenvalue weighted by Gasteiger charge is 2.24. The number of hydrogen-bond acceptors (Lipinski definition) is 2. The van der Waals surface area contributed by atoms with Crippen LogP contribution < -0.4 is 5.32 Å². The minimum atomic E-state index is -0.697. The number of halogens is 1. The Hall–Kier alpha value is -2.13. The van der Waals surface area contributed by atoms with Crippen molar-refractivity contribution in [3.8, 4) is 0 Å². The van der Waals surface area contributed by atoms with Crippen molar-refractivity contribution in [1.82, 2.24) is 5.32 Å². The molecule has 114 valence electrons. The topological polar surface area (TPSA) is 46.2 Å². The SMILES string of the molecule is CC(C)C(=O)N[C@H](C(=O)c1ccc(Cl)cc1)c1ccccc1. The lowest BCUT2D eigenvalue weighted by Gasteiger charge is -2.19. The van der Waals surface area contributed by atoms with Gasteiger partial charge >= 0.3 is 0 Å². The van der Waals surface area contributed by atoms with Gasteiger partial charge in [0.15, 0.2) is 5.78 Å². The van der Waals surface area contributed by atoms with Crippen LogP contribution in [0.1, 0.15) is 35.8 Å². The highest BCUT2D eigenvalue weighted by Crippen LogP contribution is 2.20. The van der Waals surface area contributed by atoms with E-state index in [-0.39, 0.29) is 17.6 Å². The Balaban J connectivity index is 2.33. The van der Waals surface area contributed by atoms with E-state index >= 15 is 0 Å².